The van der Waals surface area contributed by atoms with Crippen molar-refractivity contribution in [3.05, 3.63) is 22.0 Å². The maximum atomic E-state index is 6.10. The summed E-state index contributed by atoms with van der Waals surface area (Å²) in [6, 6.07) is 1.11. The van der Waals surface area contributed by atoms with E-state index >= 15 is 0 Å². The summed E-state index contributed by atoms with van der Waals surface area (Å²) in [4.78, 5) is 14.8. The number of fused-ring (bicyclic) bond motifs is 3. The molecule has 3 aliphatic rings. The molecule has 182 valence electrons. The Hall–Kier alpha value is -1.85. The summed E-state index contributed by atoms with van der Waals surface area (Å²) >= 11 is 3.15. The van der Waals surface area contributed by atoms with E-state index in [9.17, 15) is 0 Å². The van der Waals surface area contributed by atoms with Crippen LogP contribution in [0, 0.1) is 0 Å². The molecule has 0 radical (unpaired) electrons. The Balaban J connectivity index is 1.27. The monoisotopic (exact) mass is 500 g/mol. The van der Waals surface area contributed by atoms with Crippen LogP contribution in [0.1, 0.15) is 50.0 Å². The molecule has 2 fully saturated rings. The van der Waals surface area contributed by atoms with Gasteiger partial charge in [-0.3, -0.25) is 4.90 Å². The summed E-state index contributed by atoms with van der Waals surface area (Å²) in [5, 5.41) is 10.3. The van der Waals surface area contributed by atoms with Crippen LogP contribution in [0.4, 0.5) is 17.5 Å². The third-order valence-electron chi connectivity index (χ3n) is 7.22. The minimum absolute atomic E-state index is 0.173. The molecule has 0 unspecified atom stereocenters. The Kier molecular flexibility index (Phi) is 6.19. The second kappa shape index (κ2) is 9.31. The van der Waals surface area contributed by atoms with Gasteiger partial charge in [-0.2, -0.15) is 9.36 Å². The van der Waals surface area contributed by atoms with Crippen LogP contribution in [0.5, 0.6) is 0 Å². The SMILES string of the molecule is CC1(C)Cc2c(sc3nc(Nc4cnsc4)nc(NC4CCC(N5CCOCC5)CC4)c23)CO1. The van der Waals surface area contributed by atoms with E-state index in [4.69, 9.17) is 19.4 Å². The Bertz CT molecular complexity index is 1130. The first kappa shape index (κ1) is 22.6. The number of anilines is 3. The lowest BCUT2D eigenvalue weighted by molar-refractivity contribution is -0.0379. The van der Waals surface area contributed by atoms with Gasteiger partial charge in [0.25, 0.3) is 0 Å². The number of aromatic nitrogens is 3. The number of hydrogen-bond donors (Lipinski definition) is 2. The first-order chi connectivity index (χ1) is 16.5. The van der Waals surface area contributed by atoms with Crippen molar-refractivity contribution in [3.8, 4) is 0 Å². The van der Waals surface area contributed by atoms with Gasteiger partial charge in [0, 0.05) is 41.9 Å². The highest BCUT2D eigenvalue weighted by atomic mass is 32.1. The summed E-state index contributed by atoms with van der Waals surface area (Å²) in [5.74, 6) is 1.58. The van der Waals surface area contributed by atoms with Crippen molar-refractivity contribution in [2.24, 2.45) is 0 Å². The van der Waals surface area contributed by atoms with Crippen molar-refractivity contribution in [2.45, 2.75) is 70.2 Å². The summed E-state index contributed by atoms with van der Waals surface area (Å²) in [5.41, 5.74) is 2.10. The third-order valence-corrected chi connectivity index (χ3v) is 8.90. The predicted molar refractivity (Wildman–Crippen MR) is 137 cm³/mol. The molecular weight excluding hydrogens is 468 g/mol. The average Bonchev–Trinajstić information content (AvgIpc) is 3.47. The molecule has 0 atom stereocenters. The molecule has 0 bridgehead atoms. The quantitative estimate of drug-likeness (QED) is 0.517. The molecule has 0 amide bonds. The van der Waals surface area contributed by atoms with Crippen LogP contribution in [0.15, 0.2) is 11.6 Å². The molecule has 5 heterocycles. The van der Waals surface area contributed by atoms with E-state index in [1.165, 1.54) is 40.2 Å². The molecule has 10 heteroatoms. The van der Waals surface area contributed by atoms with E-state index in [0.29, 0.717) is 24.6 Å². The molecule has 8 nitrogen and oxygen atoms in total. The van der Waals surface area contributed by atoms with Gasteiger partial charge >= 0.3 is 0 Å². The van der Waals surface area contributed by atoms with Crippen molar-refractivity contribution in [1.29, 1.82) is 0 Å². The lowest BCUT2D eigenvalue weighted by Gasteiger charge is -2.39. The van der Waals surface area contributed by atoms with Gasteiger partial charge in [0.05, 0.1) is 42.7 Å². The predicted octanol–water partition coefficient (Wildman–Crippen LogP) is 4.80. The van der Waals surface area contributed by atoms with Crippen LogP contribution in [0.2, 0.25) is 0 Å². The number of nitrogens with one attached hydrogen (secondary N) is 2. The Labute approximate surface area is 208 Å². The molecule has 34 heavy (non-hydrogen) atoms. The fourth-order valence-electron chi connectivity index (χ4n) is 5.42. The van der Waals surface area contributed by atoms with E-state index < -0.39 is 0 Å². The fourth-order valence-corrected chi connectivity index (χ4v) is 6.99. The molecule has 2 N–H and O–H groups in total. The highest BCUT2D eigenvalue weighted by Crippen LogP contribution is 2.42. The molecule has 1 saturated carbocycles. The number of rotatable bonds is 5. The highest BCUT2D eigenvalue weighted by Gasteiger charge is 2.32. The van der Waals surface area contributed by atoms with Gasteiger partial charge < -0.3 is 20.1 Å². The van der Waals surface area contributed by atoms with E-state index in [2.05, 4.69) is 33.8 Å². The van der Waals surface area contributed by atoms with Crippen molar-refractivity contribution in [2.75, 3.05) is 36.9 Å². The Morgan fingerprint density at radius 2 is 1.94 bits per heavy atom. The van der Waals surface area contributed by atoms with Gasteiger partial charge in [0.1, 0.15) is 10.6 Å². The first-order valence-corrected chi connectivity index (χ1v) is 13.9. The standard InChI is InChI=1S/C24H32N6O2S2/c1-24(2)11-18-19(13-32-24)34-22-20(18)21(28-23(29-22)27-16-12-25-33-14-16)26-15-3-5-17(6-4-15)30-7-9-31-10-8-30/h12,14-15,17H,3-11,13H2,1-2H3,(H2,26,27,28,29). The lowest BCUT2D eigenvalue weighted by atomic mass is 9.89. The van der Waals surface area contributed by atoms with Crippen LogP contribution in [-0.2, 0) is 22.5 Å². The first-order valence-electron chi connectivity index (χ1n) is 12.2. The highest BCUT2D eigenvalue weighted by molar-refractivity contribution is 7.19. The molecular formula is C24H32N6O2S2. The second-order valence-corrected chi connectivity index (χ2v) is 11.9. The minimum Gasteiger partial charge on any atom is -0.379 e. The molecule has 0 spiro atoms. The Morgan fingerprint density at radius 1 is 1.12 bits per heavy atom. The number of nitrogens with zero attached hydrogens (tertiary/aromatic N) is 4. The number of hydrogen-bond acceptors (Lipinski definition) is 10. The lowest BCUT2D eigenvalue weighted by Crippen LogP contribution is -2.46. The van der Waals surface area contributed by atoms with Gasteiger partial charge in [0.2, 0.25) is 5.95 Å². The van der Waals surface area contributed by atoms with Crippen LogP contribution < -0.4 is 10.6 Å². The van der Waals surface area contributed by atoms with Gasteiger partial charge in [-0.15, -0.1) is 11.3 Å². The van der Waals surface area contributed by atoms with E-state index in [-0.39, 0.29) is 5.60 Å². The maximum absolute atomic E-state index is 6.10. The van der Waals surface area contributed by atoms with Crippen LogP contribution in [0.25, 0.3) is 10.2 Å². The van der Waals surface area contributed by atoms with Crippen molar-refractivity contribution < 1.29 is 9.47 Å². The van der Waals surface area contributed by atoms with Gasteiger partial charge in [-0.25, -0.2) is 4.98 Å². The number of ether oxygens (including phenoxy) is 2. The van der Waals surface area contributed by atoms with Crippen LogP contribution in [-0.4, -0.2) is 63.2 Å². The molecule has 6 rings (SSSR count). The van der Waals surface area contributed by atoms with Crippen molar-refractivity contribution >= 4 is 50.5 Å². The minimum atomic E-state index is -0.173. The zero-order valence-corrected chi connectivity index (χ0v) is 21.4. The number of morpholine rings is 1. The van der Waals surface area contributed by atoms with E-state index in [0.717, 1.165) is 61.9 Å². The van der Waals surface area contributed by atoms with Crippen LogP contribution >= 0.6 is 22.9 Å². The molecule has 3 aromatic heterocycles. The molecule has 0 aromatic carbocycles. The molecule has 1 saturated heterocycles. The zero-order valence-electron chi connectivity index (χ0n) is 19.8. The van der Waals surface area contributed by atoms with Gasteiger partial charge in [0.15, 0.2) is 0 Å². The average molecular weight is 501 g/mol. The van der Waals surface area contributed by atoms with E-state index in [1.807, 2.05) is 11.6 Å². The number of thiophene rings is 1. The van der Waals surface area contributed by atoms with Gasteiger partial charge in [-0.05, 0) is 56.6 Å². The largest absolute Gasteiger partial charge is 0.379 e. The summed E-state index contributed by atoms with van der Waals surface area (Å²) < 4.78 is 15.8. The normalized spacial score (nSPS) is 25.2. The summed E-state index contributed by atoms with van der Waals surface area (Å²) in [7, 11) is 0. The van der Waals surface area contributed by atoms with Gasteiger partial charge in [-0.1, -0.05) is 0 Å². The van der Waals surface area contributed by atoms with E-state index in [1.54, 1.807) is 11.3 Å². The fraction of sp³-hybridized carbons (Fsp3) is 0.625. The Morgan fingerprint density at radius 3 is 2.71 bits per heavy atom. The molecule has 3 aromatic rings. The zero-order chi connectivity index (χ0) is 23.1. The molecule has 1 aliphatic carbocycles. The second-order valence-electron chi connectivity index (χ2n) is 10.1. The third kappa shape index (κ3) is 4.66. The topological polar surface area (TPSA) is 84.4 Å². The smallest absolute Gasteiger partial charge is 0.230 e. The maximum Gasteiger partial charge on any atom is 0.230 e. The summed E-state index contributed by atoms with van der Waals surface area (Å²) in [6.07, 6.45) is 7.46. The van der Waals surface area contributed by atoms with Crippen molar-refractivity contribution in [3.63, 3.8) is 0 Å². The summed E-state index contributed by atoms with van der Waals surface area (Å²) in [6.45, 7) is 8.86. The van der Waals surface area contributed by atoms with Crippen molar-refractivity contribution in [1.82, 2.24) is 19.2 Å². The van der Waals surface area contributed by atoms with Crippen LogP contribution in [0.3, 0.4) is 0 Å². The molecule has 2 aliphatic heterocycles.